The van der Waals surface area contributed by atoms with Gasteiger partial charge in [0.1, 0.15) is 0 Å². The monoisotopic (exact) mass is 158 g/mol. The number of hydrogen-bond donors (Lipinski definition) is 0. The molecule has 0 aromatic carbocycles. The molecule has 1 saturated heterocycles. The minimum absolute atomic E-state index is 0.0898. The van der Waals surface area contributed by atoms with Crippen LogP contribution >= 0.6 is 0 Å². The van der Waals surface area contributed by atoms with Crippen LogP contribution in [0.1, 0.15) is 20.8 Å². The lowest BCUT2D eigenvalue weighted by molar-refractivity contribution is -0.541. The molecule has 1 heterocycles. The molecule has 1 aliphatic heterocycles. The van der Waals surface area contributed by atoms with Crippen LogP contribution in [-0.2, 0) is 0 Å². The summed E-state index contributed by atoms with van der Waals surface area (Å²) in [4.78, 5) is 12.2. The maximum Gasteiger partial charge on any atom is 0.238 e. The lowest BCUT2D eigenvalue weighted by Gasteiger charge is -2.43. The van der Waals surface area contributed by atoms with E-state index in [1.165, 1.54) is 0 Å². The molecule has 4 heteroatoms. The second-order valence-corrected chi connectivity index (χ2v) is 4.01. The highest BCUT2D eigenvalue weighted by molar-refractivity contribution is 4.88. The molecule has 0 atom stereocenters. The summed E-state index contributed by atoms with van der Waals surface area (Å²) in [5, 5.41) is 10.2. The SMILES string of the molecule is CC(C)(C)N1CC([N+](=O)[O-])C1. The normalized spacial score (nSPS) is 21.4. The molecule has 0 aromatic heterocycles. The van der Waals surface area contributed by atoms with E-state index in [2.05, 4.69) is 25.7 Å². The van der Waals surface area contributed by atoms with Gasteiger partial charge in [-0.25, -0.2) is 0 Å². The van der Waals surface area contributed by atoms with Crippen LogP contribution in [0.3, 0.4) is 0 Å². The predicted octanol–water partition coefficient (Wildman–Crippen LogP) is 0.746. The Labute approximate surface area is 66.3 Å². The molecule has 0 unspecified atom stereocenters. The van der Waals surface area contributed by atoms with Crippen LogP contribution in [0, 0.1) is 10.1 Å². The molecule has 4 nitrogen and oxygen atoms in total. The van der Waals surface area contributed by atoms with E-state index in [1.54, 1.807) is 0 Å². The molecular formula is C7H14N2O2. The van der Waals surface area contributed by atoms with E-state index in [0.717, 1.165) is 0 Å². The van der Waals surface area contributed by atoms with Crippen molar-refractivity contribution in [1.29, 1.82) is 0 Å². The zero-order valence-electron chi connectivity index (χ0n) is 7.20. The molecular weight excluding hydrogens is 144 g/mol. The first-order valence-corrected chi connectivity index (χ1v) is 3.80. The Bertz CT molecular complexity index is 168. The van der Waals surface area contributed by atoms with Crippen molar-refractivity contribution >= 4 is 0 Å². The second-order valence-electron chi connectivity index (χ2n) is 4.01. The first-order valence-electron chi connectivity index (χ1n) is 3.80. The first kappa shape index (κ1) is 8.46. The Morgan fingerprint density at radius 1 is 1.45 bits per heavy atom. The number of nitro groups is 1. The highest BCUT2D eigenvalue weighted by Crippen LogP contribution is 2.21. The topological polar surface area (TPSA) is 46.4 Å². The lowest BCUT2D eigenvalue weighted by atomic mass is 9.98. The lowest BCUT2D eigenvalue weighted by Crippen LogP contribution is -2.61. The van der Waals surface area contributed by atoms with Crippen LogP contribution < -0.4 is 0 Å². The van der Waals surface area contributed by atoms with Crippen LogP contribution in [0.5, 0.6) is 0 Å². The van der Waals surface area contributed by atoms with Gasteiger partial charge >= 0.3 is 0 Å². The first-order chi connectivity index (χ1) is 4.91. The number of nitrogens with zero attached hydrogens (tertiary/aromatic N) is 2. The minimum Gasteiger partial charge on any atom is -0.285 e. The van der Waals surface area contributed by atoms with Crippen molar-refractivity contribution in [2.45, 2.75) is 32.4 Å². The molecule has 0 N–H and O–H groups in total. The third-order valence-electron chi connectivity index (χ3n) is 2.11. The standard InChI is InChI=1S/C7H14N2O2/c1-7(2,3)8-4-6(5-8)9(10)11/h6H,4-5H2,1-3H3. The summed E-state index contributed by atoms with van der Waals surface area (Å²) in [6.45, 7) is 7.43. The number of rotatable bonds is 1. The van der Waals surface area contributed by atoms with Crippen molar-refractivity contribution < 1.29 is 4.92 Å². The molecule has 11 heavy (non-hydrogen) atoms. The zero-order chi connectivity index (χ0) is 8.65. The number of hydrogen-bond acceptors (Lipinski definition) is 3. The Balaban J connectivity index is 2.35. The van der Waals surface area contributed by atoms with Gasteiger partial charge in [-0.1, -0.05) is 0 Å². The smallest absolute Gasteiger partial charge is 0.238 e. The average Bonchev–Trinajstić information content (AvgIpc) is 1.51. The van der Waals surface area contributed by atoms with Crippen molar-refractivity contribution in [3.63, 3.8) is 0 Å². The van der Waals surface area contributed by atoms with E-state index in [1.807, 2.05) is 0 Å². The summed E-state index contributed by atoms with van der Waals surface area (Å²) in [6, 6.07) is -0.325. The van der Waals surface area contributed by atoms with Crippen LogP contribution in [0.25, 0.3) is 0 Å². The minimum atomic E-state index is -0.325. The quantitative estimate of drug-likeness (QED) is 0.418. The third kappa shape index (κ3) is 1.68. The summed E-state index contributed by atoms with van der Waals surface area (Å²) in [5.41, 5.74) is 0.0898. The summed E-state index contributed by atoms with van der Waals surface area (Å²) in [7, 11) is 0. The van der Waals surface area contributed by atoms with Gasteiger partial charge < -0.3 is 0 Å². The van der Waals surface area contributed by atoms with Gasteiger partial charge in [0.2, 0.25) is 6.04 Å². The van der Waals surface area contributed by atoms with E-state index in [9.17, 15) is 10.1 Å². The Hall–Kier alpha value is -0.640. The van der Waals surface area contributed by atoms with Crippen LogP contribution in [0.2, 0.25) is 0 Å². The van der Waals surface area contributed by atoms with Gasteiger partial charge in [-0.05, 0) is 20.8 Å². The van der Waals surface area contributed by atoms with E-state index < -0.39 is 0 Å². The molecule has 0 spiro atoms. The van der Waals surface area contributed by atoms with Gasteiger partial charge in [-0.15, -0.1) is 0 Å². The van der Waals surface area contributed by atoms with Crippen molar-refractivity contribution in [3.8, 4) is 0 Å². The van der Waals surface area contributed by atoms with Crippen molar-refractivity contribution in [3.05, 3.63) is 10.1 Å². The molecule has 64 valence electrons. The van der Waals surface area contributed by atoms with Gasteiger partial charge in [-0.2, -0.15) is 0 Å². The number of likely N-dealkylation sites (tertiary alicyclic amines) is 1. The van der Waals surface area contributed by atoms with Gasteiger partial charge in [-0.3, -0.25) is 15.0 Å². The zero-order valence-corrected chi connectivity index (χ0v) is 7.20. The summed E-state index contributed by atoms with van der Waals surface area (Å²) < 4.78 is 0. The Kier molecular flexibility index (Phi) is 1.88. The van der Waals surface area contributed by atoms with Crippen molar-refractivity contribution in [1.82, 2.24) is 4.90 Å². The fraction of sp³-hybridized carbons (Fsp3) is 1.00. The third-order valence-corrected chi connectivity index (χ3v) is 2.11. The van der Waals surface area contributed by atoms with E-state index >= 15 is 0 Å². The van der Waals surface area contributed by atoms with Crippen LogP contribution in [-0.4, -0.2) is 34.5 Å². The van der Waals surface area contributed by atoms with Gasteiger partial charge in [0.15, 0.2) is 0 Å². The summed E-state index contributed by atoms with van der Waals surface area (Å²) in [5.74, 6) is 0. The predicted molar refractivity (Wildman–Crippen MR) is 42.1 cm³/mol. The fourth-order valence-corrected chi connectivity index (χ4v) is 1.14. The molecule has 1 fully saturated rings. The van der Waals surface area contributed by atoms with E-state index in [4.69, 9.17) is 0 Å². The molecule has 0 aromatic rings. The van der Waals surface area contributed by atoms with Gasteiger partial charge in [0.05, 0.1) is 13.1 Å². The Morgan fingerprint density at radius 2 is 1.91 bits per heavy atom. The van der Waals surface area contributed by atoms with Crippen LogP contribution in [0.15, 0.2) is 0 Å². The second kappa shape index (κ2) is 2.44. The van der Waals surface area contributed by atoms with Crippen molar-refractivity contribution in [2.24, 2.45) is 0 Å². The van der Waals surface area contributed by atoms with Crippen LogP contribution in [0.4, 0.5) is 0 Å². The summed E-state index contributed by atoms with van der Waals surface area (Å²) >= 11 is 0. The molecule has 0 amide bonds. The van der Waals surface area contributed by atoms with Crippen molar-refractivity contribution in [2.75, 3.05) is 13.1 Å². The molecule has 1 aliphatic rings. The van der Waals surface area contributed by atoms with E-state index in [0.29, 0.717) is 13.1 Å². The Morgan fingerprint density at radius 3 is 2.18 bits per heavy atom. The molecule has 0 radical (unpaired) electrons. The maximum absolute atomic E-state index is 10.2. The highest BCUT2D eigenvalue weighted by atomic mass is 16.6. The fourth-order valence-electron chi connectivity index (χ4n) is 1.14. The van der Waals surface area contributed by atoms with E-state index in [-0.39, 0.29) is 16.5 Å². The summed E-state index contributed by atoms with van der Waals surface area (Å²) in [6.07, 6.45) is 0. The highest BCUT2D eigenvalue weighted by Gasteiger charge is 2.41. The molecule has 0 saturated carbocycles. The van der Waals surface area contributed by atoms with Gasteiger partial charge in [0, 0.05) is 10.5 Å². The molecule has 0 bridgehead atoms. The molecule has 0 aliphatic carbocycles. The average molecular weight is 158 g/mol. The maximum atomic E-state index is 10.2. The largest absolute Gasteiger partial charge is 0.285 e. The molecule has 1 rings (SSSR count). The van der Waals surface area contributed by atoms with Gasteiger partial charge in [0.25, 0.3) is 0 Å².